The molecular formula is C40H85O4P2+. The number of phosphoric ester groups is 1. The van der Waals surface area contributed by atoms with E-state index in [1.165, 1.54) is 141 Å². The summed E-state index contributed by atoms with van der Waals surface area (Å²) in [6.45, 7) is 12.6. The van der Waals surface area contributed by atoms with Gasteiger partial charge in [0.1, 0.15) is 0 Å². The summed E-state index contributed by atoms with van der Waals surface area (Å²) in [5, 5.41) is 0. The molecule has 0 N–H and O–H groups in total. The molecule has 0 saturated heterocycles. The molecule has 0 amide bonds. The van der Waals surface area contributed by atoms with Gasteiger partial charge in [0.05, 0.1) is 44.5 Å². The third kappa shape index (κ3) is 29.5. The third-order valence-corrected chi connectivity index (χ3v) is 16.3. The van der Waals surface area contributed by atoms with Crippen LogP contribution in [0.4, 0.5) is 0 Å². The van der Waals surface area contributed by atoms with Gasteiger partial charge in [-0.3, -0.25) is 13.6 Å². The Labute approximate surface area is 291 Å². The molecule has 0 spiro atoms. The first kappa shape index (κ1) is 46.5. The minimum Gasteiger partial charge on any atom is -0.287 e. The molecule has 0 unspecified atom stereocenters. The number of hydrogen-bond donors (Lipinski definition) is 0. The summed E-state index contributed by atoms with van der Waals surface area (Å²) in [5.41, 5.74) is 0. The highest BCUT2D eigenvalue weighted by Gasteiger charge is 2.35. The minimum atomic E-state index is -3.39. The second kappa shape index (κ2) is 35.4. The van der Waals surface area contributed by atoms with Gasteiger partial charge in [-0.2, -0.15) is 0 Å². The molecule has 0 aliphatic heterocycles. The van der Waals surface area contributed by atoms with Crippen molar-refractivity contribution in [3.05, 3.63) is 0 Å². The van der Waals surface area contributed by atoms with Crippen LogP contribution < -0.4 is 0 Å². The maximum atomic E-state index is 12.8. The molecule has 0 aromatic rings. The summed E-state index contributed by atoms with van der Waals surface area (Å²) in [6, 6.07) is 0. The van der Waals surface area contributed by atoms with Gasteiger partial charge in [-0.1, -0.05) is 144 Å². The van der Waals surface area contributed by atoms with Crippen molar-refractivity contribution in [2.24, 2.45) is 0 Å². The van der Waals surface area contributed by atoms with Crippen LogP contribution in [0.2, 0.25) is 0 Å². The van der Waals surface area contributed by atoms with Gasteiger partial charge >= 0.3 is 7.82 Å². The van der Waals surface area contributed by atoms with Crippen LogP contribution in [-0.4, -0.2) is 44.5 Å². The molecule has 0 fully saturated rings. The summed E-state index contributed by atoms with van der Waals surface area (Å²) < 4.78 is 29.5. The van der Waals surface area contributed by atoms with Crippen molar-refractivity contribution in [3.63, 3.8) is 0 Å². The van der Waals surface area contributed by atoms with E-state index in [2.05, 4.69) is 34.6 Å². The van der Waals surface area contributed by atoms with Gasteiger partial charge in [-0.05, 0) is 70.6 Å². The highest BCUT2D eigenvalue weighted by atomic mass is 31.2. The van der Waals surface area contributed by atoms with Gasteiger partial charge in [0.15, 0.2) is 0 Å². The van der Waals surface area contributed by atoms with Gasteiger partial charge in [0.2, 0.25) is 0 Å². The molecule has 0 aromatic heterocycles. The third-order valence-electron chi connectivity index (χ3n) is 9.73. The lowest BCUT2D eigenvalue weighted by molar-refractivity contribution is 0.109. The molecule has 0 aromatic carbocycles. The molecule has 46 heavy (non-hydrogen) atoms. The van der Waals surface area contributed by atoms with Crippen molar-refractivity contribution >= 4 is 15.1 Å². The number of hydrogen-bond acceptors (Lipinski definition) is 4. The van der Waals surface area contributed by atoms with Gasteiger partial charge in [0, 0.05) is 7.26 Å². The second-order valence-corrected chi connectivity index (χ2v) is 20.5. The Bertz CT molecular complexity index is 599. The summed E-state index contributed by atoms with van der Waals surface area (Å²) in [5.74, 6) is 0. The number of unbranched alkanes of at least 4 members (excludes halogenated alkanes) is 22. The number of phosphoric acid groups is 1. The van der Waals surface area contributed by atoms with Crippen molar-refractivity contribution in [2.75, 3.05) is 44.5 Å². The lowest BCUT2D eigenvalue weighted by Gasteiger charge is -2.28. The van der Waals surface area contributed by atoms with Crippen molar-refractivity contribution in [1.82, 2.24) is 0 Å². The molecule has 0 radical (unpaired) electrons. The van der Waals surface area contributed by atoms with Gasteiger partial charge in [0.25, 0.3) is 0 Å². The Morgan fingerprint density at radius 2 is 0.565 bits per heavy atom. The minimum absolute atomic E-state index is 0.444. The maximum absolute atomic E-state index is 12.8. The molecule has 4 nitrogen and oxygen atoms in total. The molecule has 0 aliphatic rings. The first-order valence-electron chi connectivity index (χ1n) is 20.9. The van der Waals surface area contributed by atoms with Crippen LogP contribution in [0.5, 0.6) is 0 Å². The predicted molar refractivity (Wildman–Crippen MR) is 209 cm³/mol. The normalized spacial score (nSPS) is 12.4. The zero-order valence-electron chi connectivity index (χ0n) is 32.3. The molecule has 6 heteroatoms. The van der Waals surface area contributed by atoms with Gasteiger partial charge in [-0.25, -0.2) is 4.57 Å². The van der Waals surface area contributed by atoms with E-state index >= 15 is 0 Å². The van der Waals surface area contributed by atoms with E-state index in [1.54, 1.807) is 24.6 Å². The molecular weight excluding hydrogens is 606 g/mol. The molecule has 0 bridgehead atoms. The van der Waals surface area contributed by atoms with Crippen LogP contribution in [0, 0.1) is 0 Å². The molecule has 0 atom stereocenters. The first-order valence-corrected chi connectivity index (χ1v) is 24.9. The Hall–Kier alpha value is 0.540. The summed E-state index contributed by atoms with van der Waals surface area (Å²) in [4.78, 5) is 0. The van der Waals surface area contributed by atoms with E-state index < -0.39 is 15.1 Å². The van der Waals surface area contributed by atoms with Crippen molar-refractivity contribution in [2.45, 2.75) is 214 Å². The van der Waals surface area contributed by atoms with Crippen LogP contribution in [-0.2, 0) is 18.1 Å². The topological polar surface area (TPSA) is 44.8 Å². The zero-order chi connectivity index (χ0) is 33.9. The van der Waals surface area contributed by atoms with Crippen molar-refractivity contribution in [1.29, 1.82) is 0 Å². The van der Waals surface area contributed by atoms with Crippen LogP contribution in [0.1, 0.15) is 214 Å². The first-order chi connectivity index (χ1) is 22.5. The standard InChI is InChI=1S/C40H85O4P2/c1-6-11-16-30-37-45(38-31-17-12-7-2,39-32-18-13-8-3)40-33-28-26-24-22-20-19-21-23-25-27-29-36-44-46(41,42-34-14-9-4)43-35-15-10-5/h6-40H2,1-5H3/q+1. The largest absolute Gasteiger partial charge is 0.474 e. The highest BCUT2D eigenvalue weighted by Crippen LogP contribution is 2.61. The SMILES string of the molecule is CCCCCC[P+](CCCCCC)(CCCCCC)CCCCCCCCCCCCCCOP(=O)(OCCCC)OCCCC. The summed E-state index contributed by atoms with van der Waals surface area (Å²) >= 11 is 0. The van der Waals surface area contributed by atoms with E-state index in [4.69, 9.17) is 13.6 Å². The van der Waals surface area contributed by atoms with E-state index in [0.717, 1.165) is 38.5 Å². The van der Waals surface area contributed by atoms with Crippen LogP contribution in [0.25, 0.3) is 0 Å². The second-order valence-electron chi connectivity index (χ2n) is 14.3. The summed E-state index contributed by atoms with van der Waals surface area (Å²) in [7, 11) is -4.15. The average Bonchev–Trinajstić information content (AvgIpc) is 3.05. The van der Waals surface area contributed by atoms with E-state index in [1.807, 2.05) is 0 Å². The van der Waals surface area contributed by atoms with Gasteiger partial charge in [-0.15, -0.1) is 0 Å². The summed E-state index contributed by atoms with van der Waals surface area (Å²) in [6.07, 6.45) is 43.6. The monoisotopic (exact) mass is 692 g/mol. The maximum Gasteiger partial charge on any atom is 0.474 e. The lowest BCUT2D eigenvalue weighted by Crippen LogP contribution is -2.13. The molecule has 0 aliphatic carbocycles. The van der Waals surface area contributed by atoms with Crippen molar-refractivity contribution in [3.8, 4) is 0 Å². The average molecular weight is 692 g/mol. The van der Waals surface area contributed by atoms with E-state index in [-0.39, 0.29) is 0 Å². The van der Waals surface area contributed by atoms with E-state index in [9.17, 15) is 4.57 Å². The van der Waals surface area contributed by atoms with Crippen LogP contribution >= 0.6 is 15.1 Å². The molecule has 0 saturated carbocycles. The fourth-order valence-electron chi connectivity index (χ4n) is 6.54. The quantitative estimate of drug-likeness (QED) is 0.0475. The van der Waals surface area contributed by atoms with Gasteiger partial charge < -0.3 is 0 Å². The fourth-order valence-corrected chi connectivity index (χ4v) is 12.7. The fraction of sp³-hybridized carbons (Fsp3) is 1.00. The Morgan fingerprint density at radius 1 is 0.326 bits per heavy atom. The smallest absolute Gasteiger partial charge is 0.287 e. The Kier molecular flexibility index (Phi) is 35.8. The van der Waals surface area contributed by atoms with Crippen molar-refractivity contribution < 1.29 is 18.1 Å². The predicted octanol–water partition coefficient (Wildman–Crippen LogP) is 15.2. The number of rotatable bonds is 39. The van der Waals surface area contributed by atoms with Crippen LogP contribution in [0.3, 0.4) is 0 Å². The lowest BCUT2D eigenvalue weighted by atomic mass is 10.1. The molecule has 0 heterocycles. The Morgan fingerprint density at radius 3 is 0.870 bits per heavy atom. The van der Waals surface area contributed by atoms with E-state index in [0.29, 0.717) is 19.8 Å². The Balaban J connectivity index is 4.15. The highest BCUT2D eigenvalue weighted by molar-refractivity contribution is 7.75. The molecule has 0 rings (SSSR count). The zero-order valence-corrected chi connectivity index (χ0v) is 34.1. The molecule has 278 valence electrons. The van der Waals surface area contributed by atoms with Crippen LogP contribution in [0.15, 0.2) is 0 Å².